The van der Waals surface area contributed by atoms with Crippen LogP contribution in [0.1, 0.15) is 0 Å². The summed E-state index contributed by atoms with van der Waals surface area (Å²) < 4.78 is 6.44. The maximum absolute atomic E-state index is 5.35. The van der Waals surface area contributed by atoms with E-state index in [9.17, 15) is 0 Å². The van der Waals surface area contributed by atoms with Gasteiger partial charge < -0.3 is 9.64 Å². The summed E-state index contributed by atoms with van der Waals surface area (Å²) in [6, 6.07) is 2.09. The predicted molar refractivity (Wildman–Crippen MR) is 68.1 cm³/mol. The molecule has 6 heteroatoms. The summed E-state index contributed by atoms with van der Waals surface area (Å²) in [6.45, 7) is 3.35. The summed E-state index contributed by atoms with van der Waals surface area (Å²) in [5.74, 6) is 1.02. The number of ether oxygens (including phenoxy) is 1. The zero-order valence-corrected chi connectivity index (χ0v) is 10.9. The van der Waals surface area contributed by atoms with Gasteiger partial charge in [-0.25, -0.2) is 9.97 Å². The number of halogens is 1. The molecule has 1 fully saturated rings. The highest BCUT2D eigenvalue weighted by Gasteiger charge is 2.16. The molecule has 1 aliphatic rings. The van der Waals surface area contributed by atoms with Crippen LogP contribution in [-0.4, -0.2) is 36.3 Å². The van der Waals surface area contributed by atoms with Crippen LogP contribution >= 0.6 is 27.3 Å². The SMILES string of the molecule is Brc1cc2c(N3CCOCC3)ncnc2s1. The Labute approximate surface area is 105 Å². The molecule has 0 aliphatic carbocycles. The molecule has 0 amide bonds. The first kappa shape index (κ1) is 10.4. The van der Waals surface area contributed by atoms with Gasteiger partial charge in [-0.2, -0.15) is 0 Å². The first-order valence-electron chi connectivity index (χ1n) is 5.07. The molecule has 0 spiro atoms. The molecule has 16 heavy (non-hydrogen) atoms. The first-order chi connectivity index (χ1) is 7.84. The summed E-state index contributed by atoms with van der Waals surface area (Å²) in [5, 5.41) is 1.13. The van der Waals surface area contributed by atoms with E-state index in [-0.39, 0.29) is 0 Å². The number of aromatic nitrogens is 2. The van der Waals surface area contributed by atoms with Gasteiger partial charge in [0.25, 0.3) is 0 Å². The molecule has 0 N–H and O–H groups in total. The summed E-state index contributed by atoms with van der Waals surface area (Å²) in [7, 11) is 0. The Morgan fingerprint density at radius 2 is 2.12 bits per heavy atom. The number of rotatable bonds is 1. The average Bonchev–Trinajstić information content (AvgIpc) is 2.70. The van der Waals surface area contributed by atoms with Gasteiger partial charge in [-0.3, -0.25) is 0 Å². The number of anilines is 1. The molecule has 0 saturated carbocycles. The quantitative estimate of drug-likeness (QED) is 0.810. The third-order valence-electron chi connectivity index (χ3n) is 2.59. The lowest BCUT2D eigenvalue weighted by molar-refractivity contribution is 0.122. The molecule has 3 rings (SSSR count). The number of hydrogen-bond acceptors (Lipinski definition) is 5. The van der Waals surface area contributed by atoms with E-state index in [0.29, 0.717) is 0 Å². The summed E-state index contributed by atoms with van der Waals surface area (Å²) in [6.07, 6.45) is 1.63. The van der Waals surface area contributed by atoms with Crippen LogP contribution in [0.3, 0.4) is 0 Å². The lowest BCUT2D eigenvalue weighted by atomic mass is 10.3. The zero-order valence-electron chi connectivity index (χ0n) is 8.52. The lowest BCUT2D eigenvalue weighted by Gasteiger charge is -2.27. The van der Waals surface area contributed by atoms with Gasteiger partial charge in [0.2, 0.25) is 0 Å². The Balaban J connectivity index is 2.07. The van der Waals surface area contributed by atoms with Gasteiger partial charge in [-0.05, 0) is 22.0 Å². The van der Waals surface area contributed by atoms with Crippen molar-refractivity contribution in [3.8, 4) is 0 Å². The van der Waals surface area contributed by atoms with Crippen molar-refractivity contribution >= 4 is 43.3 Å². The Morgan fingerprint density at radius 3 is 2.94 bits per heavy atom. The fraction of sp³-hybridized carbons (Fsp3) is 0.400. The van der Waals surface area contributed by atoms with Crippen LogP contribution in [0.25, 0.3) is 10.2 Å². The van der Waals surface area contributed by atoms with E-state index in [1.54, 1.807) is 17.7 Å². The van der Waals surface area contributed by atoms with E-state index in [4.69, 9.17) is 4.74 Å². The Morgan fingerprint density at radius 1 is 1.31 bits per heavy atom. The number of morpholine rings is 1. The molecule has 1 aliphatic heterocycles. The third kappa shape index (κ3) is 1.81. The van der Waals surface area contributed by atoms with Crippen molar-refractivity contribution in [2.24, 2.45) is 0 Å². The second-order valence-corrected chi connectivity index (χ2v) is 5.98. The fourth-order valence-electron chi connectivity index (χ4n) is 1.84. The number of fused-ring (bicyclic) bond motifs is 1. The van der Waals surface area contributed by atoms with Crippen LogP contribution in [-0.2, 0) is 4.74 Å². The van der Waals surface area contributed by atoms with Crippen molar-refractivity contribution in [1.82, 2.24) is 9.97 Å². The van der Waals surface area contributed by atoms with Crippen LogP contribution in [0.2, 0.25) is 0 Å². The highest BCUT2D eigenvalue weighted by Crippen LogP contribution is 2.33. The van der Waals surface area contributed by atoms with Gasteiger partial charge in [0.15, 0.2) is 0 Å². The van der Waals surface area contributed by atoms with E-state index in [2.05, 4.69) is 36.9 Å². The molecular weight excluding hydrogens is 290 g/mol. The molecule has 2 aromatic heterocycles. The maximum Gasteiger partial charge on any atom is 0.140 e. The molecule has 0 aromatic carbocycles. The second-order valence-electron chi connectivity index (χ2n) is 3.57. The van der Waals surface area contributed by atoms with E-state index in [0.717, 1.165) is 46.1 Å². The van der Waals surface area contributed by atoms with Crippen molar-refractivity contribution in [1.29, 1.82) is 0 Å². The minimum Gasteiger partial charge on any atom is -0.378 e. The number of nitrogens with zero attached hydrogens (tertiary/aromatic N) is 3. The normalized spacial score (nSPS) is 16.9. The first-order valence-corrected chi connectivity index (χ1v) is 6.68. The number of hydrogen-bond donors (Lipinski definition) is 0. The van der Waals surface area contributed by atoms with E-state index in [1.165, 1.54) is 0 Å². The molecule has 2 aromatic rings. The van der Waals surface area contributed by atoms with Crippen molar-refractivity contribution < 1.29 is 4.74 Å². The van der Waals surface area contributed by atoms with Crippen molar-refractivity contribution in [3.63, 3.8) is 0 Å². The Bertz CT molecular complexity index is 510. The van der Waals surface area contributed by atoms with Crippen molar-refractivity contribution in [2.45, 2.75) is 0 Å². The molecule has 3 heterocycles. The van der Waals surface area contributed by atoms with Crippen LogP contribution in [0, 0.1) is 0 Å². The maximum atomic E-state index is 5.35. The molecule has 0 radical (unpaired) electrons. The molecular formula is C10H10BrN3OS. The number of thiophene rings is 1. The third-order valence-corrected chi connectivity index (χ3v) is 4.13. The summed E-state index contributed by atoms with van der Waals surface area (Å²) in [4.78, 5) is 12.0. The topological polar surface area (TPSA) is 38.2 Å². The van der Waals surface area contributed by atoms with Gasteiger partial charge in [0, 0.05) is 13.1 Å². The smallest absolute Gasteiger partial charge is 0.140 e. The van der Waals surface area contributed by atoms with Gasteiger partial charge in [-0.15, -0.1) is 11.3 Å². The van der Waals surface area contributed by atoms with Crippen molar-refractivity contribution in [2.75, 3.05) is 31.2 Å². The minimum absolute atomic E-state index is 0.775. The highest BCUT2D eigenvalue weighted by molar-refractivity contribution is 9.11. The average molecular weight is 300 g/mol. The minimum atomic E-state index is 0.775. The summed E-state index contributed by atoms with van der Waals surface area (Å²) in [5.41, 5.74) is 0. The molecule has 84 valence electrons. The highest BCUT2D eigenvalue weighted by atomic mass is 79.9. The second kappa shape index (κ2) is 4.27. The van der Waals surface area contributed by atoms with Crippen LogP contribution in [0.4, 0.5) is 5.82 Å². The van der Waals surface area contributed by atoms with Gasteiger partial charge in [0.05, 0.1) is 22.4 Å². The van der Waals surface area contributed by atoms with Gasteiger partial charge in [0.1, 0.15) is 17.0 Å². The van der Waals surface area contributed by atoms with Crippen LogP contribution in [0.5, 0.6) is 0 Å². The van der Waals surface area contributed by atoms with E-state index in [1.807, 2.05) is 0 Å². The molecule has 0 unspecified atom stereocenters. The molecule has 0 bridgehead atoms. The standard InChI is InChI=1S/C10H10BrN3OS/c11-8-5-7-9(12-6-13-10(7)16-8)14-1-3-15-4-2-14/h5-6H,1-4H2. The van der Waals surface area contributed by atoms with E-state index < -0.39 is 0 Å². The van der Waals surface area contributed by atoms with E-state index >= 15 is 0 Å². The lowest BCUT2D eigenvalue weighted by Crippen LogP contribution is -2.36. The molecule has 4 nitrogen and oxygen atoms in total. The monoisotopic (exact) mass is 299 g/mol. The van der Waals surface area contributed by atoms with Gasteiger partial charge >= 0.3 is 0 Å². The van der Waals surface area contributed by atoms with Crippen LogP contribution < -0.4 is 4.90 Å². The molecule has 1 saturated heterocycles. The Kier molecular flexibility index (Phi) is 2.79. The zero-order chi connectivity index (χ0) is 11.0. The van der Waals surface area contributed by atoms with Crippen molar-refractivity contribution in [3.05, 3.63) is 16.2 Å². The largest absolute Gasteiger partial charge is 0.378 e. The predicted octanol–water partition coefficient (Wildman–Crippen LogP) is 2.29. The van der Waals surface area contributed by atoms with Crippen LogP contribution in [0.15, 0.2) is 16.2 Å². The summed E-state index contributed by atoms with van der Waals surface area (Å²) >= 11 is 5.13. The molecule has 0 atom stereocenters. The van der Waals surface area contributed by atoms with Gasteiger partial charge in [-0.1, -0.05) is 0 Å². The Hall–Kier alpha value is -0.720. The fourth-order valence-corrected chi connectivity index (χ4v) is 3.25.